The summed E-state index contributed by atoms with van der Waals surface area (Å²) < 4.78 is 5.73. The maximum atomic E-state index is 9.45. The number of rotatable bonds is 5. The molecular weight excluding hydrogens is 294 g/mol. The van der Waals surface area contributed by atoms with E-state index in [2.05, 4.69) is 13.0 Å². The van der Waals surface area contributed by atoms with Gasteiger partial charge in [0.25, 0.3) is 0 Å². The second kappa shape index (κ2) is 7.68. The van der Waals surface area contributed by atoms with Crippen LogP contribution in [-0.4, -0.2) is 6.61 Å². The smallest absolute Gasteiger partial charge is 0.126 e. The Morgan fingerprint density at radius 2 is 1.95 bits per heavy atom. The number of benzene rings is 2. The summed E-state index contributed by atoms with van der Waals surface area (Å²) in [5.41, 5.74) is 3.45. The Hall–Kier alpha value is -2.24. The highest BCUT2D eigenvalue weighted by molar-refractivity contribution is 6.30. The molecular formula is C19H18ClNO. The maximum Gasteiger partial charge on any atom is 0.126 e. The van der Waals surface area contributed by atoms with Crippen LogP contribution in [0.5, 0.6) is 5.75 Å². The molecule has 2 nitrogen and oxygen atoms in total. The third-order valence-electron chi connectivity index (χ3n) is 3.22. The minimum absolute atomic E-state index is 0.587. The Bertz CT molecular complexity index is 711. The predicted molar refractivity (Wildman–Crippen MR) is 91.9 cm³/mol. The van der Waals surface area contributed by atoms with Gasteiger partial charge in [-0.2, -0.15) is 5.26 Å². The summed E-state index contributed by atoms with van der Waals surface area (Å²) in [4.78, 5) is 0. The number of nitrogens with zero attached hydrogens (tertiary/aromatic N) is 1. The van der Waals surface area contributed by atoms with Gasteiger partial charge in [-0.25, -0.2) is 0 Å². The van der Waals surface area contributed by atoms with Gasteiger partial charge in [-0.1, -0.05) is 48.4 Å². The zero-order valence-corrected chi connectivity index (χ0v) is 13.5. The minimum atomic E-state index is 0.587. The molecule has 0 amide bonds. The van der Waals surface area contributed by atoms with Crippen molar-refractivity contribution in [1.29, 1.82) is 5.26 Å². The normalized spacial score (nSPS) is 11.1. The average Bonchev–Trinajstić information content (AvgIpc) is 2.53. The number of halogens is 1. The first-order chi connectivity index (χ1) is 10.6. The van der Waals surface area contributed by atoms with E-state index < -0.39 is 0 Å². The fraction of sp³-hybridized carbons (Fsp3) is 0.211. The van der Waals surface area contributed by atoms with Crippen LogP contribution in [0.3, 0.4) is 0 Å². The summed E-state index contributed by atoms with van der Waals surface area (Å²) >= 11 is 6.08. The molecule has 22 heavy (non-hydrogen) atoms. The van der Waals surface area contributed by atoms with Crippen LogP contribution in [0.1, 0.15) is 30.0 Å². The number of nitriles is 1. The van der Waals surface area contributed by atoms with Crippen molar-refractivity contribution < 1.29 is 4.74 Å². The monoisotopic (exact) mass is 311 g/mol. The highest BCUT2D eigenvalue weighted by atomic mass is 35.5. The van der Waals surface area contributed by atoms with Crippen LogP contribution < -0.4 is 4.74 Å². The second-order valence-electron chi connectivity index (χ2n) is 5.07. The maximum absolute atomic E-state index is 9.45. The molecule has 0 aromatic heterocycles. The van der Waals surface area contributed by atoms with E-state index in [0.717, 1.165) is 28.9 Å². The van der Waals surface area contributed by atoms with Crippen molar-refractivity contribution in [3.63, 3.8) is 0 Å². The van der Waals surface area contributed by atoms with Gasteiger partial charge in [-0.15, -0.1) is 0 Å². The van der Waals surface area contributed by atoms with E-state index in [9.17, 15) is 5.26 Å². The van der Waals surface area contributed by atoms with Gasteiger partial charge in [0.2, 0.25) is 0 Å². The van der Waals surface area contributed by atoms with Crippen LogP contribution in [0.2, 0.25) is 5.02 Å². The number of hydrogen-bond acceptors (Lipinski definition) is 2. The van der Waals surface area contributed by atoms with E-state index in [-0.39, 0.29) is 0 Å². The van der Waals surface area contributed by atoms with Gasteiger partial charge in [-0.3, -0.25) is 0 Å². The van der Waals surface area contributed by atoms with E-state index >= 15 is 0 Å². The largest absolute Gasteiger partial charge is 0.493 e. The average molecular weight is 312 g/mol. The Labute approximate surface area is 136 Å². The van der Waals surface area contributed by atoms with Gasteiger partial charge in [0.1, 0.15) is 5.75 Å². The molecule has 0 radical (unpaired) electrons. The Morgan fingerprint density at radius 1 is 1.23 bits per heavy atom. The molecule has 0 fully saturated rings. The van der Waals surface area contributed by atoms with Gasteiger partial charge in [0, 0.05) is 10.6 Å². The topological polar surface area (TPSA) is 33.0 Å². The van der Waals surface area contributed by atoms with Crippen LogP contribution in [0.25, 0.3) is 11.6 Å². The van der Waals surface area contributed by atoms with Gasteiger partial charge in [-0.05, 0) is 43.2 Å². The van der Waals surface area contributed by atoms with E-state index in [0.29, 0.717) is 17.2 Å². The number of hydrogen-bond donors (Lipinski definition) is 0. The molecule has 0 N–H and O–H groups in total. The van der Waals surface area contributed by atoms with Crippen molar-refractivity contribution in [2.24, 2.45) is 0 Å². The summed E-state index contributed by atoms with van der Waals surface area (Å²) in [6.07, 6.45) is 2.75. The quantitative estimate of drug-likeness (QED) is 0.539. The van der Waals surface area contributed by atoms with Crippen molar-refractivity contribution in [3.8, 4) is 11.8 Å². The Balaban J connectivity index is 2.42. The third-order valence-corrected chi connectivity index (χ3v) is 3.45. The predicted octanol–water partition coefficient (Wildman–Crippen LogP) is 5.50. The van der Waals surface area contributed by atoms with Gasteiger partial charge < -0.3 is 4.74 Å². The van der Waals surface area contributed by atoms with E-state index in [1.807, 2.05) is 49.4 Å². The fourth-order valence-electron chi connectivity index (χ4n) is 2.04. The second-order valence-corrected chi connectivity index (χ2v) is 5.50. The lowest BCUT2D eigenvalue weighted by molar-refractivity contribution is 0.317. The zero-order chi connectivity index (χ0) is 15.9. The fourth-order valence-corrected chi connectivity index (χ4v) is 2.22. The molecule has 112 valence electrons. The van der Waals surface area contributed by atoms with Gasteiger partial charge in [0.15, 0.2) is 0 Å². The molecule has 0 saturated heterocycles. The van der Waals surface area contributed by atoms with Crippen LogP contribution >= 0.6 is 11.6 Å². The van der Waals surface area contributed by atoms with Crippen LogP contribution in [-0.2, 0) is 0 Å². The molecule has 0 spiro atoms. The third kappa shape index (κ3) is 4.13. The molecule has 2 rings (SSSR count). The summed E-state index contributed by atoms with van der Waals surface area (Å²) in [5.74, 6) is 0.742. The van der Waals surface area contributed by atoms with Crippen LogP contribution in [0.15, 0.2) is 42.5 Å². The number of aryl methyl sites for hydroxylation is 1. The van der Waals surface area contributed by atoms with Crippen molar-refractivity contribution in [2.45, 2.75) is 20.3 Å². The Kier molecular flexibility index (Phi) is 5.63. The highest BCUT2D eigenvalue weighted by Gasteiger charge is 2.06. The lowest BCUT2D eigenvalue weighted by atomic mass is 10.0. The minimum Gasteiger partial charge on any atom is -0.493 e. The molecule has 3 heteroatoms. The van der Waals surface area contributed by atoms with E-state index in [4.69, 9.17) is 16.3 Å². The van der Waals surface area contributed by atoms with E-state index in [1.54, 1.807) is 6.07 Å². The molecule has 0 saturated carbocycles. The molecule has 2 aromatic carbocycles. The van der Waals surface area contributed by atoms with E-state index in [1.165, 1.54) is 0 Å². The summed E-state index contributed by atoms with van der Waals surface area (Å²) in [7, 11) is 0. The van der Waals surface area contributed by atoms with Crippen molar-refractivity contribution in [1.82, 2.24) is 0 Å². The molecule has 0 aliphatic carbocycles. The highest BCUT2D eigenvalue weighted by Crippen LogP contribution is 2.28. The number of allylic oxidation sites excluding steroid dienone is 1. The Morgan fingerprint density at radius 3 is 2.59 bits per heavy atom. The van der Waals surface area contributed by atoms with Crippen molar-refractivity contribution in [2.75, 3.05) is 6.61 Å². The molecule has 0 unspecified atom stereocenters. The molecule has 0 atom stereocenters. The van der Waals surface area contributed by atoms with Gasteiger partial charge >= 0.3 is 0 Å². The summed E-state index contributed by atoms with van der Waals surface area (Å²) in [6.45, 7) is 4.71. The molecule has 0 bridgehead atoms. The number of ether oxygens (including phenoxy) is 1. The standard InChI is InChI=1S/C19H18ClNO/c1-3-10-22-19-9-8-18(20)12-16(19)11-17(13-21)15-6-4-14(2)5-7-15/h4-9,11-12H,3,10H2,1-2H3/b17-11+. The first-order valence-electron chi connectivity index (χ1n) is 7.25. The summed E-state index contributed by atoms with van der Waals surface area (Å²) in [5, 5.41) is 10.1. The molecule has 0 aliphatic rings. The first-order valence-corrected chi connectivity index (χ1v) is 7.63. The SMILES string of the molecule is CCCOc1ccc(Cl)cc1/C=C(\C#N)c1ccc(C)cc1. The van der Waals surface area contributed by atoms with Crippen LogP contribution in [0, 0.1) is 18.3 Å². The first kappa shape index (κ1) is 16.1. The van der Waals surface area contributed by atoms with Crippen molar-refractivity contribution in [3.05, 3.63) is 64.2 Å². The van der Waals surface area contributed by atoms with Crippen molar-refractivity contribution >= 4 is 23.3 Å². The molecule has 0 heterocycles. The zero-order valence-electron chi connectivity index (χ0n) is 12.8. The summed E-state index contributed by atoms with van der Waals surface area (Å²) in [6, 6.07) is 15.6. The molecule has 0 aliphatic heterocycles. The lowest BCUT2D eigenvalue weighted by Gasteiger charge is -2.09. The van der Waals surface area contributed by atoms with Crippen LogP contribution in [0.4, 0.5) is 0 Å². The van der Waals surface area contributed by atoms with Gasteiger partial charge in [0.05, 0.1) is 18.2 Å². The lowest BCUT2D eigenvalue weighted by Crippen LogP contribution is -1.97. The molecule has 2 aromatic rings.